The van der Waals surface area contributed by atoms with Gasteiger partial charge in [-0.3, -0.25) is 14.4 Å². The molecule has 1 atom stereocenters. The fourth-order valence-corrected chi connectivity index (χ4v) is 5.51. The maximum absolute atomic E-state index is 13.0. The number of carbonyl (C=O) groups excluding carboxylic acids is 3. The summed E-state index contributed by atoms with van der Waals surface area (Å²) in [6, 6.07) is 14.7. The number of rotatable bonds is 4. The molecule has 1 aliphatic carbocycles. The molecule has 5 rings (SSSR count). The van der Waals surface area contributed by atoms with Gasteiger partial charge in [-0.25, -0.2) is 0 Å². The zero-order chi connectivity index (χ0) is 22.8. The molecule has 3 amide bonds. The molecule has 0 spiro atoms. The van der Waals surface area contributed by atoms with E-state index in [-0.39, 0.29) is 23.6 Å². The van der Waals surface area contributed by atoms with Gasteiger partial charge < -0.3 is 15.1 Å². The molecule has 6 heteroatoms. The molecule has 6 nitrogen and oxygen atoms in total. The number of nitrogens with one attached hydrogen (secondary N) is 1. The van der Waals surface area contributed by atoms with E-state index >= 15 is 0 Å². The van der Waals surface area contributed by atoms with Gasteiger partial charge in [0.1, 0.15) is 6.04 Å². The number of likely N-dealkylation sites (tertiary alicyclic amines) is 1. The van der Waals surface area contributed by atoms with Gasteiger partial charge in [0.2, 0.25) is 11.8 Å². The van der Waals surface area contributed by atoms with Crippen LogP contribution in [-0.2, 0) is 16.0 Å². The number of para-hydroxylation sites is 1. The number of anilines is 2. The maximum Gasteiger partial charge on any atom is 0.258 e. The van der Waals surface area contributed by atoms with Crippen LogP contribution >= 0.6 is 0 Å². The van der Waals surface area contributed by atoms with E-state index < -0.39 is 6.04 Å². The Hall–Kier alpha value is -3.15. The summed E-state index contributed by atoms with van der Waals surface area (Å²) in [5, 5.41) is 2.97. The predicted molar refractivity (Wildman–Crippen MR) is 128 cm³/mol. The van der Waals surface area contributed by atoms with E-state index in [0.29, 0.717) is 30.8 Å². The van der Waals surface area contributed by atoms with E-state index in [1.165, 1.54) is 12.0 Å². The summed E-state index contributed by atoms with van der Waals surface area (Å²) in [6.45, 7) is 1.35. The van der Waals surface area contributed by atoms with Crippen molar-refractivity contribution < 1.29 is 14.4 Å². The third-order valence-electron chi connectivity index (χ3n) is 7.32. The highest BCUT2D eigenvalue weighted by molar-refractivity contribution is 6.07. The fourth-order valence-electron chi connectivity index (χ4n) is 5.51. The Balaban J connectivity index is 1.22. The van der Waals surface area contributed by atoms with Gasteiger partial charge in [0.05, 0.1) is 0 Å². The highest BCUT2D eigenvalue weighted by Crippen LogP contribution is 2.30. The van der Waals surface area contributed by atoms with Gasteiger partial charge in [-0.1, -0.05) is 37.5 Å². The summed E-state index contributed by atoms with van der Waals surface area (Å²) in [4.78, 5) is 42.6. The van der Waals surface area contributed by atoms with Crippen LogP contribution in [-0.4, -0.2) is 41.8 Å². The second-order valence-corrected chi connectivity index (χ2v) is 9.43. The Bertz CT molecular complexity index is 1040. The zero-order valence-corrected chi connectivity index (χ0v) is 19.0. The predicted octanol–water partition coefficient (Wildman–Crippen LogP) is 4.40. The summed E-state index contributed by atoms with van der Waals surface area (Å²) >= 11 is 0. The first-order valence-electron chi connectivity index (χ1n) is 12.2. The highest BCUT2D eigenvalue weighted by Gasteiger charge is 2.37. The molecule has 2 fully saturated rings. The van der Waals surface area contributed by atoms with Gasteiger partial charge in [-0.2, -0.15) is 0 Å². The van der Waals surface area contributed by atoms with Crippen molar-refractivity contribution in [3.63, 3.8) is 0 Å². The van der Waals surface area contributed by atoms with Crippen LogP contribution in [0.5, 0.6) is 0 Å². The largest absolute Gasteiger partial charge is 0.330 e. The Morgan fingerprint density at radius 1 is 0.818 bits per heavy atom. The number of hydrogen-bond donors (Lipinski definition) is 1. The molecule has 0 aromatic heterocycles. The first kappa shape index (κ1) is 21.7. The van der Waals surface area contributed by atoms with E-state index in [9.17, 15) is 14.4 Å². The molecule has 1 N–H and O–H groups in total. The molecule has 0 radical (unpaired) electrons. The standard InChI is InChI=1S/C27H31N3O3/c31-25(24-11-6-17-29(24)26(32)20-8-2-1-3-9-20)28-22-14-12-21(13-15-22)27(33)30-18-16-19-7-4-5-10-23(19)30/h4-5,7,10,12-15,20,24H,1-3,6,8-9,11,16-18H2,(H,28,31). The minimum Gasteiger partial charge on any atom is -0.330 e. The van der Waals surface area contributed by atoms with Gasteiger partial charge in [-0.05, 0) is 68.0 Å². The van der Waals surface area contributed by atoms with Crippen molar-refractivity contribution in [3.05, 3.63) is 59.7 Å². The maximum atomic E-state index is 13.0. The lowest BCUT2D eigenvalue weighted by Gasteiger charge is -2.30. The number of hydrogen-bond acceptors (Lipinski definition) is 3. The van der Waals surface area contributed by atoms with Crippen molar-refractivity contribution in [2.45, 2.75) is 57.4 Å². The SMILES string of the molecule is O=C(Nc1ccc(C(=O)N2CCc3ccccc32)cc1)C1CCCN1C(=O)C1CCCCC1. The third-order valence-corrected chi connectivity index (χ3v) is 7.32. The van der Waals surface area contributed by atoms with Gasteiger partial charge in [-0.15, -0.1) is 0 Å². The van der Waals surface area contributed by atoms with Gasteiger partial charge >= 0.3 is 0 Å². The summed E-state index contributed by atoms with van der Waals surface area (Å²) < 4.78 is 0. The van der Waals surface area contributed by atoms with E-state index in [0.717, 1.165) is 44.2 Å². The molecule has 0 bridgehead atoms. The van der Waals surface area contributed by atoms with Crippen molar-refractivity contribution in [1.29, 1.82) is 0 Å². The summed E-state index contributed by atoms with van der Waals surface area (Å²) in [6.07, 6.45) is 7.74. The molecule has 1 saturated heterocycles. The first-order chi connectivity index (χ1) is 16.1. The molecular formula is C27H31N3O3. The number of benzene rings is 2. The smallest absolute Gasteiger partial charge is 0.258 e. The molecule has 3 aliphatic rings. The van der Waals surface area contributed by atoms with Crippen molar-refractivity contribution in [1.82, 2.24) is 4.90 Å². The van der Waals surface area contributed by atoms with Crippen LogP contribution in [0.3, 0.4) is 0 Å². The monoisotopic (exact) mass is 445 g/mol. The normalized spacial score (nSPS) is 20.5. The Morgan fingerprint density at radius 2 is 1.58 bits per heavy atom. The summed E-state index contributed by atoms with van der Waals surface area (Å²) in [7, 11) is 0. The number of nitrogens with zero attached hydrogens (tertiary/aromatic N) is 2. The molecule has 2 aromatic carbocycles. The van der Waals surface area contributed by atoms with Gasteiger partial charge in [0.15, 0.2) is 0 Å². The van der Waals surface area contributed by atoms with Crippen LogP contribution in [0.4, 0.5) is 11.4 Å². The topological polar surface area (TPSA) is 69.7 Å². The van der Waals surface area contributed by atoms with Crippen LogP contribution in [0.15, 0.2) is 48.5 Å². The quantitative estimate of drug-likeness (QED) is 0.758. The van der Waals surface area contributed by atoms with Crippen LogP contribution in [0.2, 0.25) is 0 Å². The van der Waals surface area contributed by atoms with E-state index in [4.69, 9.17) is 0 Å². The van der Waals surface area contributed by atoms with Crippen molar-refractivity contribution >= 4 is 29.1 Å². The van der Waals surface area contributed by atoms with Gasteiger partial charge in [0, 0.05) is 35.9 Å². The summed E-state index contributed by atoms with van der Waals surface area (Å²) in [5.41, 5.74) is 3.41. The Kier molecular flexibility index (Phi) is 6.16. The van der Waals surface area contributed by atoms with Gasteiger partial charge in [0.25, 0.3) is 5.91 Å². The number of fused-ring (bicyclic) bond motifs is 1. The lowest BCUT2D eigenvalue weighted by molar-refractivity contribution is -0.141. The Morgan fingerprint density at radius 3 is 2.36 bits per heavy atom. The van der Waals surface area contributed by atoms with Crippen LogP contribution in [0, 0.1) is 5.92 Å². The molecule has 1 unspecified atom stereocenters. The summed E-state index contributed by atoms with van der Waals surface area (Å²) in [5.74, 6) is 0.0643. The van der Waals surface area contributed by atoms with Crippen LogP contribution < -0.4 is 10.2 Å². The van der Waals surface area contributed by atoms with Crippen LogP contribution in [0.25, 0.3) is 0 Å². The molecule has 33 heavy (non-hydrogen) atoms. The second-order valence-electron chi connectivity index (χ2n) is 9.43. The number of amides is 3. The lowest BCUT2D eigenvalue weighted by Crippen LogP contribution is -2.46. The molecule has 2 heterocycles. The average molecular weight is 446 g/mol. The highest BCUT2D eigenvalue weighted by atomic mass is 16.2. The average Bonchev–Trinajstić information content (AvgIpc) is 3.52. The molecular weight excluding hydrogens is 414 g/mol. The van der Waals surface area contributed by atoms with E-state index in [1.807, 2.05) is 23.1 Å². The van der Waals surface area contributed by atoms with Crippen molar-refractivity contribution in [2.24, 2.45) is 5.92 Å². The molecule has 2 aliphatic heterocycles. The van der Waals surface area contributed by atoms with Crippen LogP contribution in [0.1, 0.15) is 60.9 Å². The molecule has 2 aromatic rings. The lowest BCUT2D eigenvalue weighted by atomic mass is 9.88. The zero-order valence-electron chi connectivity index (χ0n) is 19.0. The van der Waals surface area contributed by atoms with Crippen molar-refractivity contribution in [3.8, 4) is 0 Å². The molecule has 1 saturated carbocycles. The van der Waals surface area contributed by atoms with Crippen molar-refractivity contribution in [2.75, 3.05) is 23.3 Å². The fraction of sp³-hybridized carbons (Fsp3) is 0.444. The van der Waals surface area contributed by atoms with E-state index in [1.54, 1.807) is 29.2 Å². The third kappa shape index (κ3) is 4.39. The van der Waals surface area contributed by atoms with E-state index in [2.05, 4.69) is 11.4 Å². The second kappa shape index (κ2) is 9.38. The number of carbonyl (C=O) groups is 3. The molecule has 172 valence electrons. The first-order valence-corrected chi connectivity index (χ1v) is 12.2. The minimum absolute atomic E-state index is 0.0297. The Labute approximate surface area is 194 Å². The minimum atomic E-state index is -0.401.